The number of rotatable bonds is 3. The molecule has 0 unspecified atom stereocenters. The van der Waals surface area contributed by atoms with Gasteiger partial charge in [0.15, 0.2) is 0 Å². The van der Waals surface area contributed by atoms with Gasteiger partial charge in [-0.25, -0.2) is 0 Å². The molecule has 0 spiro atoms. The van der Waals surface area contributed by atoms with E-state index in [9.17, 15) is 0 Å². The van der Waals surface area contributed by atoms with Gasteiger partial charge in [-0.15, -0.1) is 0 Å². The normalized spacial score (nSPS) is 18.6. The molecule has 3 heteroatoms. The van der Waals surface area contributed by atoms with Gasteiger partial charge in [-0.3, -0.25) is 4.98 Å². The quantitative estimate of drug-likeness (QED) is 0.844. The van der Waals surface area contributed by atoms with Gasteiger partial charge in [0.05, 0.1) is 0 Å². The van der Waals surface area contributed by atoms with Gasteiger partial charge in [-0.05, 0) is 58.0 Å². The topological polar surface area (TPSA) is 28.2 Å². The largest absolute Gasteiger partial charge is 0.385 e. The second-order valence-electron chi connectivity index (χ2n) is 4.81. The van der Waals surface area contributed by atoms with Crippen LogP contribution in [-0.2, 0) is 0 Å². The van der Waals surface area contributed by atoms with E-state index in [4.69, 9.17) is 0 Å². The van der Waals surface area contributed by atoms with Crippen LogP contribution < -0.4 is 5.32 Å². The van der Waals surface area contributed by atoms with E-state index < -0.39 is 0 Å². The second-order valence-corrected chi connectivity index (χ2v) is 4.81. The van der Waals surface area contributed by atoms with E-state index in [1.807, 2.05) is 19.2 Å². The summed E-state index contributed by atoms with van der Waals surface area (Å²) in [7, 11) is 2.20. The number of nitrogens with zero attached hydrogens (tertiary/aromatic N) is 2. The van der Waals surface area contributed by atoms with Crippen molar-refractivity contribution >= 4 is 5.69 Å². The molecule has 0 aromatic carbocycles. The third kappa shape index (κ3) is 3.20. The van der Waals surface area contributed by atoms with Crippen LogP contribution in [0, 0.1) is 12.8 Å². The lowest BCUT2D eigenvalue weighted by molar-refractivity contribution is 0.226. The molecule has 1 aromatic heterocycles. The maximum absolute atomic E-state index is 4.20. The molecule has 0 amide bonds. The minimum absolute atomic E-state index is 0.824. The zero-order valence-electron chi connectivity index (χ0n) is 10.2. The maximum atomic E-state index is 4.20. The monoisotopic (exact) mass is 219 g/mol. The SMILES string of the molecule is Cc1cc(NCC2CCN(C)CC2)ccn1. The van der Waals surface area contributed by atoms with Crippen molar-refractivity contribution in [2.45, 2.75) is 19.8 Å². The summed E-state index contributed by atoms with van der Waals surface area (Å²) in [5.74, 6) is 0.824. The van der Waals surface area contributed by atoms with Crippen LogP contribution in [0.3, 0.4) is 0 Å². The van der Waals surface area contributed by atoms with Crippen LogP contribution in [0.15, 0.2) is 18.3 Å². The molecule has 0 bridgehead atoms. The zero-order valence-corrected chi connectivity index (χ0v) is 10.2. The number of anilines is 1. The van der Waals surface area contributed by atoms with Gasteiger partial charge < -0.3 is 10.2 Å². The summed E-state index contributed by atoms with van der Waals surface area (Å²) >= 11 is 0. The zero-order chi connectivity index (χ0) is 11.4. The van der Waals surface area contributed by atoms with Crippen molar-refractivity contribution in [3.05, 3.63) is 24.0 Å². The molecule has 0 atom stereocenters. The first-order valence-corrected chi connectivity index (χ1v) is 6.09. The van der Waals surface area contributed by atoms with Gasteiger partial charge in [0.25, 0.3) is 0 Å². The summed E-state index contributed by atoms with van der Waals surface area (Å²) in [5, 5.41) is 3.51. The number of piperidine rings is 1. The van der Waals surface area contributed by atoms with Crippen molar-refractivity contribution in [3.8, 4) is 0 Å². The molecule has 0 radical (unpaired) electrons. The lowest BCUT2D eigenvalue weighted by atomic mass is 9.97. The Morgan fingerprint density at radius 1 is 1.44 bits per heavy atom. The Hall–Kier alpha value is -1.09. The van der Waals surface area contributed by atoms with E-state index in [2.05, 4.69) is 28.3 Å². The van der Waals surface area contributed by atoms with Crippen LogP contribution in [0.5, 0.6) is 0 Å². The molecular weight excluding hydrogens is 198 g/mol. The van der Waals surface area contributed by atoms with Crippen molar-refractivity contribution in [2.75, 3.05) is 32.0 Å². The van der Waals surface area contributed by atoms with Crippen LogP contribution in [0.25, 0.3) is 0 Å². The molecule has 0 saturated carbocycles. The molecule has 2 heterocycles. The van der Waals surface area contributed by atoms with Crippen LogP contribution >= 0.6 is 0 Å². The lowest BCUT2D eigenvalue weighted by Crippen LogP contribution is -2.32. The number of nitrogens with one attached hydrogen (secondary N) is 1. The highest BCUT2D eigenvalue weighted by atomic mass is 15.1. The Labute approximate surface area is 97.9 Å². The summed E-state index contributed by atoms with van der Waals surface area (Å²) in [6.07, 6.45) is 4.49. The highest BCUT2D eigenvalue weighted by Crippen LogP contribution is 2.17. The fraction of sp³-hybridized carbons (Fsp3) is 0.615. The number of hydrogen-bond acceptors (Lipinski definition) is 3. The molecule has 3 nitrogen and oxygen atoms in total. The Morgan fingerprint density at radius 2 is 2.19 bits per heavy atom. The number of aromatic nitrogens is 1. The number of likely N-dealkylation sites (tertiary alicyclic amines) is 1. The predicted molar refractivity (Wildman–Crippen MR) is 67.7 cm³/mol. The molecule has 1 aliphatic heterocycles. The van der Waals surface area contributed by atoms with E-state index in [1.54, 1.807) is 0 Å². The molecular formula is C13H21N3. The minimum Gasteiger partial charge on any atom is -0.385 e. The third-order valence-corrected chi connectivity index (χ3v) is 3.33. The molecule has 0 aliphatic carbocycles. The first-order valence-electron chi connectivity index (χ1n) is 6.09. The van der Waals surface area contributed by atoms with Crippen LogP contribution in [-0.4, -0.2) is 36.6 Å². The van der Waals surface area contributed by atoms with E-state index in [0.29, 0.717) is 0 Å². The number of aryl methyl sites for hydroxylation is 1. The summed E-state index contributed by atoms with van der Waals surface area (Å²) in [5.41, 5.74) is 2.28. The Kier molecular flexibility index (Phi) is 3.78. The first kappa shape index (κ1) is 11.4. The van der Waals surface area contributed by atoms with Crippen molar-refractivity contribution in [3.63, 3.8) is 0 Å². The molecule has 16 heavy (non-hydrogen) atoms. The van der Waals surface area contributed by atoms with E-state index in [1.165, 1.54) is 31.6 Å². The highest BCUT2D eigenvalue weighted by Gasteiger charge is 2.15. The van der Waals surface area contributed by atoms with E-state index in [-0.39, 0.29) is 0 Å². The van der Waals surface area contributed by atoms with Gasteiger partial charge in [0.1, 0.15) is 0 Å². The van der Waals surface area contributed by atoms with E-state index in [0.717, 1.165) is 18.2 Å². The molecule has 2 rings (SSSR count). The van der Waals surface area contributed by atoms with Crippen molar-refractivity contribution < 1.29 is 0 Å². The molecule has 88 valence electrons. The number of pyridine rings is 1. The molecule has 1 aliphatic rings. The Bertz CT molecular complexity index is 330. The van der Waals surface area contributed by atoms with Crippen LogP contribution in [0.1, 0.15) is 18.5 Å². The standard InChI is InChI=1S/C13H21N3/c1-11-9-13(3-6-14-11)15-10-12-4-7-16(2)8-5-12/h3,6,9,12H,4-5,7-8,10H2,1-2H3,(H,14,15). The van der Waals surface area contributed by atoms with Gasteiger partial charge >= 0.3 is 0 Å². The van der Waals surface area contributed by atoms with Gasteiger partial charge in [0, 0.05) is 24.1 Å². The van der Waals surface area contributed by atoms with Gasteiger partial charge in [-0.2, -0.15) is 0 Å². The van der Waals surface area contributed by atoms with E-state index >= 15 is 0 Å². The molecule has 1 aromatic rings. The fourth-order valence-corrected chi connectivity index (χ4v) is 2.18. The maximum Gasteiger partial charge on any atom is 0.0393 e. The first-order chi connectivity index (χ1) is 7.74. The summed E-state index contributed by atoms with van der Waals surface area (Å²) in [6, 6.07) is 4.15. The number of hydrogen-bond donors (Lipinski definition) is 1. The van der Waals surface area contributed by atoms with Crippen molar-refractivity contribution in [1.29, 1.82) is 0 Å². The van der Waals surface area contributed by atoms with Crippen molar-refractivity contribution in [1.82, 2.24) is 9.88 Å². The lowest BCUT2D eigenvalue weighted by Gasteiger charge is -2.29. The smallest absolute Gasteiger partial charge is 0.0393 e. The van der Waals surface area contributed by atoms with Crippen LogP contribution in [0.4, 0.5) is 5.69 Å². The summed E-state index contributed by atoms with van der Waals surface area (Å²) < 4.78 is 0. The average molecular weight is 219 g/mol. The Morgan fingerprint density at radius 3 is 2.88 bits per heavy atom. The van der Waals surface area contributed by atoms with Gasteiger partial charge in [0.2, 0.25) is 0 Å². The average Bonchev–Trinajstić information content (AvgIpc) is 2.28. The Balaban J connectivity index is 1.79. The highest BCUT2D eigenvalue weighted by molar-refractivity contribution is 5.42. The third-order valence-electron chi connectivity index (χ3n) is 3.33. The second kappa shape index (κ2) is 5.30. The van der Waals surface area contributed by atoms with Crippen molar-refractivity contribution in [2.24, 2.45) is 5.92 Å². The minimum atomic E-state index is 0.824. The molecule has 1 N–H and O–H groups in total. The predicted octanol–water partition coefficient (Wildman–Crippen LogP) is 2.14. The molecule has 1 saturated heterocycles. The summed E-state index contributed by atoms with van der Waals surface area (Å²) in [6.45, 7) is 5.60. The van der Waals surface area contributed by atoms with Crippen LogP contribution in [0.2, 0.25) is 0 Å². The van der Waals surface area contributed by atoms with Gasteiger partial charge in [-0.1, -0.05) is 0 Å². The summed E-state index contributed by atoms with van der Waals surface area (Å²) in [4.78, 5) is 6.61. The molecule has 1 fully saturated rings. The fourth-order valence-electron chi connectivity index (χ4n) is 2.18.